The van der Waals surface area contributed by atoms with Crippen LogP contribution in [0.5, 0.6) is 0 Å². The minimum Gasteiger partial charge on any atom is -0.399 e. The van der Waals surface area contributed by atoms with E-state index in [0.717, 1.165) is 5.56 Å². The minimum atomic E-state index is -0.0324. The molecule has 0 fully saturated rings. The van der Waals surface area contributed by atoms with E-state index >= 15 is 0 Å². The van der Waals surface area contributed by atoms with Crippen LogP contribution in [0.4, 0.5) is 5.69 Å². The number of carbonyl (C=O) groups excluding carboxylic acids is 1. The summed E-state index contributed by atoms with van der Waals surface area (Å²) in [5.74, 6) is -0.0324. The molecule has 0 aliphatic heterocycles. The molecule has 0 atom stereocenters. The first-order chi connectivity index (χ1) is 8.60. The van der Waals surface area contributed by atoms with Gasteiger partial charge in [-0.15, -0.1) is 6.58 Å². The lowest BCUT2D eigenvalue weighted by Crippen LogP contribution is -2.34. The molecule has 0 aliphatic carbocycles. The fourth-order valence-corrected chi connectivity index (χ4v) is 1.62. The fraction of sp³-hybridized carbons (Fsp3) is 0.357. The Morgan fingerprint density at radius 1 is 1.56 bits per heavy atom. The van der Waals surface area contributed by atoms with Gasteiger partial charge in [0.2, 0.25) is 0 Å². The number of aryl methyl sites for hydroxylation is 1. The molecule has 4 heteroatoms. The van der Waals surface area contributed by atoms with Crippen molar-refractivity contribution in [3.8, 4) is 0 Å². The molecule has 2 N–H and O–H groups in total. The number of hydrogen-bond donors (Lipinski definition) is 1. The van der Waals surface area contributed by atoms with Crippen molar-refractivity contribution in [2.45, 2.75) is 6.92 Å². The zero-order valence-corrected chi connectivity index (χ0v) is 11.0. The Bertz CT molecular complexity index is 430. The average Bonchev–Trinajstić information content (AvgIpc) is 2.37. The van der Waals surface area contributed by atoms with Gasteiger partial charge in [0, 0.05) is 31.5 Å². The highest BCUT2D eigenvalue weighted by Gasteiger charge is 2.14. The summed E-state index contributed by atoms with van der Waals surface area (Å²) in [5.41, 5.74) is 7.98. The van der Waals surface area contributed by atoms with Gasteiger partial charge < -0.3 is 15.4 Å². The van der Waals surface area contributed by atoms with E-state index in [9.17, 15) is 4.79 Å². The number of hydrogen-bond acceptors (Lipinski definition) is 3. The summed E-state index contributed by atoms with van der Waals surface area (Å²) in [6, 6.07) is 5.30. The number of amides is 1. The fourth-order valence-electron chi connectivity index (χ4n) is 1.62. The standard InChI is InChI=1S/C14H20N2O2/c1-4-7-16(8-9-18-3)14(17)12-5-6-13(15)11(2)10-12/h4-6,10H,1,7-9,15H2,2-3H3. The molecule has 98 valence electrons. The lowest BCUT2D eigenvalue weighted by molar-refractivity contribution is 0.0718. The van der Waals surface area contributed by atoms with Crippen molar-refractivity contribution >= 4 is 11.6 Å². The molecule has 0 saturated carbocycles. The smallest absolute Gasteiger partial charge is 0.254 e. The number of nitrogens with two attached hydrogens (primary N) is 1. The average molecular weight is 248 g/mol. The predicted octanol–water partition coefficient (Wildman–Crippen LogP) is 1.85. The number of rotatable bonds is 6. The van der Waals surface area contributed by atoms with Gasteiger partial charge in [-0.3, -0.25) is 4.79 Å². The number of benzene rings is 1. The quantitative estimate of drug-likeness (QED) is 0.617. The molecule has 1 amide bonds. The van der Waals surface area contributed by atoms with Crippen molar-refractivity contribution in [1.29, 1.82) is 0 Å². The largest absolute Gasteiger partial charge is 0.399 e. The van der Waals surface area contributed by atoms with E-state index in [1.807, 2.05) is 6.92 Å². The van der Waals surface area contributed by atoms with E-state index in [-0.39, 0.29) is 5.91 Å². The monoisotopic (exact) mass is 248 g/mol. The molecule has 1 rings (SSSR count). The third-order valence-corrected chi connectivity index (χ3v) is 2.72. The number of methoxy groups -OCH3 is 1. The summed E-state index contributed by atoms with van der Waals surface area (Å²) in [5, 5.41) is 0. The van der Waals surface area contributed by atoms with Crippen LogP contribution in [0.1, 0.15) is 15.9 Å². The molecule has 18 heavy (non-hydrogen) atoms. The second-order valence-corrected chi connectivity index (χ2v) is 4.10. The van der Waals surface area contributed by atoms with Crippen LogP contribution in [-0.2, 0) is 4.74 Å². The third-order valence-electron chi connectivity index (χ3n) is 2.72. The Balaban J connectivity index is 2.86. The van der Waals surface area contributed by atoms with Gasteiger partial charge in [-0.25, -0.2) is 0 Å². The molecular formula is C14H20N2O2. The number of nitrogen functional groups attached to an aromatic ring is 1. The van der Waals surface area contributed by atoms with Crippen LogP contribution in [0.3, 0.4) is 0 Å². The van der Waals surface area contributed by atoms with Gasteiger partial charge in [0.05, 0.1) is 6.61 Å². The maximum Gasteiger partial charge on any atom is 0.254 e. The summed E-state index contributed by atoms with van der Waals surface area (Å²) in [6.07, 6.45) is 1.71. The van der Waals surface area contributed by atoms with Gasteiger partial charge in [0.25, 0.3) is 5.91 Å². The molecule has 1 aromatic carbocycles. The summed E-state index contributed by atoms with van der Waals surface area (Å²) >= 11 is 0. The molecule has 0 aromatic heterocycles. The van der Waals surface area contributed by atoms with Gasteiger partial charge in [-0.05, 0) is 30.7 Å². The van der Waals surface area contributed by atoms with Crippen LogP contribution in [-0.4, -0.2) is 37.6 Å². The first kappa shape index (κ1) is 14.3. The molecule has 0 spiro atoms. The third kappa shape index (κ3) is 3.60. The molecule has 0 unspecified atom stereocenters. The first-order valence-electron chi connectivity index (χ1n) is 5.85. The summed E-state index contributed by atoms with van der Waals surface area (Å²) in [7, 11) is 1.62. The van der Waals surface area contributed by atoms with Gasteiger partial charge in [-0.1, -0.05) is 6.08 Å². The van der Waals surface area contributed by atoms with Crippen molar-refractivity contribution in [3.63, 3.8) is 0 Å². The van der Waals surface area contributed by atoms with Gasteiger partial charge in [0.1, 0.15) is 0 Å². The molecule has 0 heterocycles. The Labute approximate surface area is 108 Å². The summed E-state index contributed by atoms with van der Waals surface area (Å²) < 4.78 is 5.00. The lowest BCUT2D eigenvalue weighted by atomic mass is 10.1. The van der Waals surface area contributed by atoms with Crippen molar-refractivity contribution in [3.05, 3.63) is 42.0 Å². The molecular weight excluding hydrogens is 228 g/mol. The molecule has 0 saturated heterocycles. The highest BCUT2D eigenvalue weighted by Crippen LogP contribution is 2.14. The van der Waals surface area contributed by atoms with Crippen LogP contribution in [0.2, 0.25) is 0 Å². The van der Waals surface area contributed by atoms with E-state index in [4.69, 9.17) is 10.5 Å². The summed E-state index contributed by atoms with van der Waals surface area (Å²) in [4.78, 5) is 14.0. The Hall–Kier alpha value is -1.81. The van der Waals surface area contributed by atoms with Crippen LogP contribution < -0.4 is 5.73 Å². The van der Waals surface area contributed by atoms with Crippen LogP contribution >= 0.6 is 0 Å². The minimum absolute atomic E-state index is 0.0324. The number of ether oxygens (including phenoxy) is 1. The highest BCUT2D eigenvalue weighted by molar-refractivity contribution is 5.95. The van der Waals surface area contributed by atoms with Gasteiger partial charge in [0.15, 0.2) is 0 Å². The Morgan fingerprint density at radius 2 is 2.28 bits per heavy atom. The lowest BCUT2D eigenvalue weighted by Gasteiger charge is -2.21. The van der Waals surface area contributed by atoms with Crippen molar-refractivity contribution < 1.29 is 9.53 Å². The van der Waals surface area contributed by atoms with E-state index in [1.165, 1.54) is 0 Å². The van der Waals surface area contributed by atoms with Gasteiger partial charge >= 0.3 is 0 Å². The van der Waals surface area contributed by atoms with Crippen molar-refractivity contribution in [2.75, 3.05) is 32.5 Å². The number of nitrogens with zero attached hydrogens (tertiary/aromatic N) is 1. The van der Waals surface area contributed by atoms with E-state index in [0.29, 0.717) is 30.9 Å². The zero-order valence-electron chi connectivity index (χ0n) is 11.0. The predicted molar refractivity (Wildman–Crippen MR) is 73.6 cm³/mol. The maximum atomic E-state index is 12.3. The highest BCUT2D eigenvalue weighted by atomic mass is 16.5. The Morgan fingerprint density at radius 3 is 2.83 bits per heavy atom. The second kappa shape index (κ2) is 6.81. The first-order valence-corrected chi connectivity index (χ1v) is 5.85. The van der Waals surface area contributed by atoms with Crippen LogP contribution in [0.15, 0.2) is 30.9 Å². The van der Waals surface area contributed by atoms with E-state index in [1.54, 1.807) is 36.3 Å². The van der Waals surface area contributed by atoms with Crippen LogP contribution in [0.25, 0.3) is 0 Å². The molecule has 0 radical (unpaired) electrons. The van der Waals surface area contributed by atoms with Gasteiger partial charge in [-0.2, -0.15) is 0 Å². The number of carbonyl (C=O) groups is 1. The Kier molecular flexibility index (Phi) is 5.39. The normalized spacial score (nSPS) is 10.1. The van der Waals surface area contributed by atoms with Crippen LogP contribution in [0, 0.1) is 6.92 Å². The summed E-state index contributed by atoms with van der Waals surface area (Å²) in [6.45, 7) is 7.11. The maximum absolute atomic E-state index is 12.3. The molecule has 1 aromatic rings. The molecule has 0 aliphatic rings. The van der Waals surface area contributed by atoms with E-state index in [2.05, 4.69) is 6.58 Å². The second-order valence-electron chi connectivity index (χ2n) is 4.10. The number of anilines is 1. The van der Waals surface area contributed by atoms with Crippen molar-refractivity contribution in [1.82, 2.24) is 4.90 Å². The topological polar surface area (TPSA) is 55.6 Å². The SMILES string of the molecule is C=CCN(CCOC)C(=O)c1ccc(N)c(C)c1. The molecule has 0 bridgehead atoms. The van der Waals surface area contributed by atoms with Crippen molar-refractivity contribution in [2.24, 2.45) is 0 Å². The molecule has 4 nitrogen and oxygen atoms in total. The van der Waals surface area contributed by atoms with E-state index < -0.39 is 0 Å². The zero-order chi connectivity index (χ0) is 13.5.